The molecule has 5 rings (SSSR count). The molecule has 14 heteroatoms. The zero-order chi connectivity index (χ0) is 28.8. The topological polar surface area (TPSA) is 80.5 Å². The van der Waals surface area contributed by atoms with Gasteiger partial charge < -0.3 is 9.94 Å². The van der Waals surface area contributed by atoms with Crippen LogP contribution in [0.15, 0.2) is 59.8 Å². The van der Waals surface area contributed by atoms with E-state index in [4.69, 9.17) is 16.4 Å². The van der Waals surface area contributed by atoms with E-state index in [2.05, 4.69) is 10.1 Å². The lowest BCUT2D eigenvalue weighted by atomic mass is 9.96. The van der Waals surface area contributed by atoms with E-state index in [9.17, 15) is 27.5 Å². The van der Waals surface area contributed by atoms with E-state index >= 15 is 4.39 Å². The van der Waals surface area contributed by atoms with Gasteiger partial charge in [0.2, 0.25) is 0 Å². The summed E-state index contributed by atoms with van der Waals surface area (Å²) in [6.45, 7) is 1.85. The Balaban J connectivity index is 1.70. The number of allylic oxidation sites excluding steroid dienone is 1. The minimum atomic E-state index is -4.90. The van der Waals surface area contributed by atoms with Crippen molar-refractivity contribution in [3.63, 3.8) is 0 Å². The van der Waals surface area contributed by atoms with E-state index in [1.54, 1.807) is 6.92 Å². The molecule has 3 heterocycles. The van der Waals surface area contributed by atoms with E-state index in [0.29, 0.717) is 4.68 Å². The van der Waals surface area contributed by atoms with Crippen LogP contribution in [0.1, 0.15) is 45.3 Å². The van der Waals surface area contributed by atoms with Crippen LogP contribution in [-0.2, 0) is 17.4 Å². The highest BCUT2D eigenvalue weighted by molar-refractivity contribution is 7.11. The maximum absolute atomic E-state index is 15.1. The number of thiazole rings is 1. The number of halogens is 6. The number of carboxylic acids is 1. The second-order valence-electron chi connectivity index (χ2n) is 8.63. The van der Waals surface area contributed by atoms with Crippen molar-refractivity contribution in [1.82, 2.24) is 19.8 Å². The number of nitrogens with zero attached hydrogens (tertiary/aromatic N) is 4. The smallest absolute Gasteiger partial charge is 0.433 e. The number of carboxylic acid groups (broad SMARTS) is 1. The largest absolute Gasteiger partial charge is 0.476 e. The fraction of sp³-hybridized carbons (Fsp3) is 0.192. The average molecular weight is 597 g/mol. The fourth-order valence-corrected chi connectivity index (χ4v) is 5.64. The Bertz CT molecular complexity index is 1610. The van der Waals surface area contributed by atoms with Crippen LogP contribution in [0.5, 0.6) is 0 Å². The molecular weight excluding hydrogens is 579 g/mol. The zero-order valence-corrected chi connectivity index (χ0v) is 22.0. The Labute approximate surface area is 232 Å². The van der Waals surface area contributed by atoms with Crippen LogP contribution >= 0.6 is 22.9 Å². The molecule has 1 N–H and O–H groups in total. The highest BCUT2D eigenvalue weighted by atomic mass is 35.5. The predicted molar refractivity (Wildman–Crippen MR) is 136 cm³/mol. The molecule has 0 saturated heterocycles. The maximum atomic E-state index is 15.1. The molecular formula is C26H18ClF5N4O3S. The van der Waals surface area contributed by atoms with Gasteiger partial charge >= 0.3 is 12.1 Å². The van der Waals surface area contributed by atoms with E-state index < -0.39 is 41.9 Å². The molecule has 208 valence electrons. The van der Waals surface area contributed by atoms with Gasteiger partial charge in [0.15, 0.2) is 11.4 Å². The molecule has 0 bridgehead atoms. The second-order valence-corrected chi connectivity index (χ2v) is 9.89. The Morgan fingerprint density at radius 1 is 1.20 bits per heavy atom. The van der Waals surface area contributed by atoms with Crippen molar-refractivity contribution >= 4 is 34.5 Å². The Morgan fingerprint density at radius 2 is 1.95 bits per heavy atom. The molecule has 0 aliphatic carbocycles. The molecule has 0 saturated carbocycles. The van der Waals surface area contributed by atoms with E-state index in [1.165, 1.54) is 40.8 Å². The first-order valence-electron chi connectivity index (χ1n) is 11.7. The van der Waals surface area contributed by atoms with Gasteiger partial charge in [-0.1, -0.05) is 23.7 Å². The van der Waals surface area contributed by atoms with Crippen molar-refractivity contribution in [2.45, 2.75) is 25.6 Å². The number of hydroxylamine groups is 2. The molecule has 0 amide bonds. The number of hydrogen-bond acceptors (Lipinski definition) is 6. The number of likely N-dealkylation sites (N-methyl/N-ethyl adjacent to an activating group) is 1. The summed E-state index contributed by atoms with van der Waals surface area (Å²) in [5.74, 6) is -2.77. The van der Waals surface area contributed by atoms with Crippen LogP contribution < -0.4 is 0 Å². The summed E-state index contributed by atoms with van der Waals surface area (Å²) < 4.78 is 72.6. The monoisotopic (exact) mass is 596 g/mol. The fourth-order valence-electron chi connectivity index (χ4n) is 4.50. The number of carbonyl (C=O) groups is 1. The molecule has 1 unspecified atom stereocenters. The highest BCUT2D eigenvalue weighted by Crippen LogP contribution is 2.48. The molecule has 1 atom stereocenters. The normalized spacial score (nSPS) is 16.0. The predicted octanol–water partition coefficient (Wildman–Crippen LogP) is 6.94. The lowest BCUT2D eigenvalue weighted by Gasteiger charge is -2.24. The molecule has 0 fully saturated rings. The summed E-state index contributed by atoms with van der Waals surface area (Å²) in [5.41, 5.74) is -1.75. The van der Waals surface area contributed by atoms with Gasteiger partial charge in [-0.2, -0.15) is 18.3 Å². The number of benzene rings is 2. The minimum Gasteiger partial charge on any atom is -0.476 e. The van der Waals surface area contributed by atoms with Crippen molar-refractivity contribution < 1.29 is 36.7 Å². The molecule has 4 aromatic rings. The van der Waals surface area contributed by atoms with E-state index in [1.807, 2.05) is 0 Å². The van der Waals surface area contributed by atoms with Gasteiger partial charge in [-0.25, -0.2) is 23.2 Å². The molecule has 40 heavy (non-hydrogen) atoms. The third kappa shape index (κ3) is 5.07. The van der Waals surface area contributed by atoms with E-state index in [0.717, 1.165) is 29.7 Å². The summed E-state index contributed by atoms with van der Waals surface area (Å²) >= 11 is 7.29. The molecule has 7 nitrogen and oxygen atoms in total. The number of rotatable bonds is 7. The Kier molecular flexibility index (Phi) is 7.38. The van der Waals surface area contributed by atoms with Gasteiger partial charge in [-0.3, -0.25) is 0 Å². The van der Waals surface area contributed by atoms with Crippen LogP contribution in [-0.4, -0.2) is 37.4 Å². The van der Waals surface area contributed by atoms with Gasteiger partial charge in [0.25, 0.3) is 0 Å². The van der Waals surface area contributed by atoms with Crippen molar-refractivity contribution in [2.75, 3.05) is 6.54 Å². The maximum Gasteiger partial charge on any atom is 0.433 e. The Hall–Kier alpha value is -3.81. The van der Waals surface area contributed by atoms with Gasteiger partial charge in [-0.15, -0.1) is 16.4 Å². The summed E-state index contributed by atoms with van der Waals surface area (Å²) in [7, 11) is 0. The molecule has 1 aliphatic heterocycles. The molecule has 2 aromatic carbocycles. The minimum absolute atomic E-state index is 0.00501. The molecule has 0 spiro atoms. The first-order valence-corrected chi connectivity index (χ1v) is 13.0. The number of aromatic nitrogens is 3. The highest BCUT2D eigenvalue weighted by Gasteiger charge is 2.43. The van der Waals surface area contributed by atoms with Crippen molar-refractivity contribution in [3.8, 4) is 5.69 Å². The first kappa shape index (κ1) is 27.7. The summed E-state index contributed by atoms with van der Waals surface area (Å²) in [5, 5.41) is 16.0. The second kappa shape index (κ2) is 10.6. The molecule has 0 radical (unpaired) electrons. The van der Waals surface area contributed by atoms with Crippen LogP contribution in [0, 0.1) is 11.6 Å². The van der Waals surface area contributed by atoms with E-state index in [-0.39, 0.29) is 50.4 Å². The van der Waals surface area contributed by atoms with Crippen LogP contribution in [0.4, 0.5) is 22.0 Å². The van der Waals surface area contributed by atoms with Gasteiger partial charge in [0, 0.05) is 34.5 Å². The van der Waals surface area contributed by atoms with Gasteiger partial charge in [0.1, 0.15) is 28.4 Å². The third-order valence-corrected chi connectivity index (χ3v) is 7.35. The van der Waals surface area contributed by atoms with Crippen LogP contribution in [0.2, 0.25) is 5.02 Å². The number of hydrogen-bond donors (Lipinski definition) is 1. The summed E-state index contributed by atoms with van der Waals surface area (Å²) in [6.07, 6.45) is -4.37. The number of alkyl halides is 3. The lowest BCUT2D eigenvalue weighted by Crippen LogP contribution is -2.25. The third-order valence-electron chi connectivity index (χ3n) is 6.15. The average Bonchev–Trinajstić information content (AvgIpc) is 3.61. The van der Waals surface area contributed by atoms with Gasteiger partial charge in [0.05, 0.1) is 17.5 Å². The van der Waals surface area contributed by atoms with Crippen molar-refractivity contribution in [2.24, 2.45) is 0 Å². The summed E-state index contributed by atoms with van der Waals surface area (Å²) in [4.78, 5) is 21.6. The molecule has 1 aliphatic rings. The quantitative estimate of drug-likeness (QED) is 0.233. The lowest BCUT2D eigenvalue weighted by molar-refractivity contribution is -0.143. The Morgan fingerprint density at radius 3 is 2.58 bits per heavy atom. The van der Waals surface area contributed by atoms with Crippen LogP contribution in [0.25, 0.3) is 11.3 Å². The van der Waals surface area contributed by atoms with Crippen molar-refractivity contribution in [3.05, 3.63) is 104 Å². The van der Waals surface area contributed by atoms with Gasteiger partial charge in [-0.05, 0) is 37.3 Å². The SMILES string of the molecule is CCN1OC(Cc2cnn(-c3cccc(F)c3)c2C(F)(F)F)=C(c2nc(C(=O)O)cs2)C1c1c(F)cccc1Cl. The van der Waals surface area contributed by atoms with Crippen LogP contribution in [0.3, 0.4) is 0 Å². The standard InChI is InChI=1S/C26H18ClF5N4O3S/c1-2-35-22(20-16(27)7-4-8-17(20)29)21(24-34-18(12-40-24)25(37)38)19(39-35)9-13-11-33-36(23(13)26(30,31)32)15-6-3-5-14(28)10-15/h3-8,10-12,22H,2,9H2,1H3,(H,37,38). The zero-order valence-electron chi connectivity index (χ0n) is 20.4. The number of aromatic carboxylic acids is 1. The summed E-state index contributed by atoms with van der Waals surface area (Å²) in [6, 6.07) is 7.55. The first-order chi connectivity index (χ1) is 19.0. The van der Waals surface area contributed by atoms with Crippen molar-refractivity contribution in [1.29, 1.82) is 0 Å². The molecule has 2 aromatic heterocycles.